The number of halogens is 2. The summed E-state index contributed by atoms with van der Waals surface area (Å²) in [5, 5.41) is 0.903. The van der Waals surface area contributed by atoms with Crippen LogP contribution in [0.15, 0.2) is 23.2 Å². The van der Waals surface area contributed by atoms with E-state index in [1.54, 1.807) is 32.0 Å². The molecule has 1 aromatic carbocycles. The van der Waals surface area contributed by atoms with Gasteiger partial charge in [0.2, 0.25) is 11.8 Å². The molecule has 0 saturated heterocycles. The molecule has 0 fully saturated rings. The zero-order valence-corrected chi connectivity index (χ0v) is 16.5. The summed E-state index contributed by atoms with van der Waals surface area (Å²) in [6, 6.07) is 4.92. The van der Waals surface area contributed by atoms with Gasteiger partial charge < -0.3 is 4.74 Å². The molecule has 8 heteroatoms. The van der Waals surface area contributed by atoms with Crippen molar-refractivity contribution in [2.45, 2.75) is 40.0 Å². The lowest BCUT2D eigenvalue weighted by molar-refractivity contribution is -0.134. The van der Waals surface area contributed by atoms with E-state index >= 15 is 0 Å². The van der Waals surface area contributed by atoms with Crippen LogP contribution in [0.1, 0.15) is 43.3 Å². The van der Waals surface area contributed by atoms with Crippen molar-refractivity contribution in [1.29, 1.82) is 0 Å². The monoisotopic (exact) mass is 400 g/mol. The second kappa shape index (κ2) is 8.65. The van der Waals surface area contributed by atoms with Crippen LogP contribution < -0.4 is 9.54 Å². The van der Waals surface area contributed by atoms with Gasteiger partial charge in [-0.15, -0.1) is 0 Å². The first-order valence-corrected chi connectivity index (χ1v) is 9.46. The van der Waals surface area contributed by atoms with E-state index in [0.717, 1.165) is 4.88 Å². The first-order valence-electron chi connectivity index (χ1n) is 7.89. The number of carbonyl (C=O) groups is 2. The quantitative estimate of drug-likeness (QED) is 0.662. The predicted molar refractivity (Wildman–Crippen MR) is 100 cm³/mol. The van der Waals surface area contributed by atoms with Crippen LogP contribution >= 0.6 is 34.5 Å². The zero-order valence-electron chi connectivity index (χ0n) is 14.1. The number of thiazole rings is 1. The third-order valence-electron chi connectivity index (χ3n) is 3.34. The molecule has 2 aromatic rings. The van der Waals surface area contributed by atoms with Crippen LogP contribution in [0.3, 0.4) is 0 Å². The molecule has 0 amide bonds. The smallest absolute Gasteiger partial charge is 0.312 e. The van der Waals surface area contributed by atoms with Crippen LogP contribution in [-0.2, 0) is 11.2 Å². The van der Waals surface area contributed by atoms with Crippen LogP contribution in [0, 0.1) is 0 Å². The van der Waals surface area contributed by atoms with Gasteiger partial charge in [-0.25, -0.2) is 9.56 Å². The Morgan fingerprint density at radius 1 is 1.20 bits per heavy atom. The summed E-state index contributed by atoms with van der Waals surface area (Å²) in [7, 11) is 0. The number of carbonyl (C=O) groups excluding carboxylic acids is 2. The van der Waals surface area contributed by atoms with E-state index < -0.39 is 5.97 Å². The van der Waals surface area contributed by atoms with Gasteiger partial charge in [-0.3, -0.25) is 9.59 Å². The zero-order chi connectivity index (χ0) is 18.6. The molecule has 134 valence electrons. The first-order chi connectivity index (χ1) is 11.9. The van der Waals surface area contributed by atoms with Crippen molar-refractivity contribution in [3.05, 3.63) is 37.9 Å². The number of ether oxygens (including phenoxy) is 1. The average molecular weight is 401 g/mol. The van der Waals surface area contributed by atoms with Crippen molar-refractivity contribution in [2.24, 2.45) is 4.99 Å². The Morgan fingerprint density at radius 3 is 2.52 bits per heavy atom. The largest absolute Gasteiger partial charge is 0.408 e. The Labute approximate surface area is 159 Å². The topological polar surface area (TPSA) is 60.7 Å². The standard InChI is InChI=1S/C17H18Cl2N2O3S/c1-4-13-16(24-15(23)6-3)21(14(22)5-2)17(25-13)20-12-9-10(18)7-8-11(12)19/h7-9H,4-6H2,1-3H3. The highest BCUT2D eigenvalue weighted by Crippen LogP contribution is 2.29. The minimum absolute atomic E-state index is 0.214. The second-order valence-electron chi connectivity index (χ2n) is 5.08. The normalized spacial score (nSPS) is 11.6. The number of hydrogen-bond donors (Lipinski definition) is 0. The Hall–Kier alpha value is -1.63. The van der Waals surface area contributed by atoms with E-state index in [0.29, 0.717) is 27.0 Å². The number of esters is 1. The van der Waals surface area contributed by atoms with E-state index in [1.807, 2.05) is 6.92 Å². The van der Waals surface area contributed by atoms with Crippen LogP contribution in [0.25, 0.3) is 0 Å². The summed E-state index contributed by atoms with van der Waals surface area (Å²) in [6.07, 6.45) is 1.06. The van der Waals surface area contributed by atoms with Crippen LogP contribution in [0.5, 0.6) is 5.88 Å². The molecule has 1 heterocycles. The van der Waals surface area contributed by atoms with Gasteiger partial charge in [-0.2, -0.15) is 0 Å². The third kappa shape index (κ3) is 4.51. The SMILES string of the molecule is CCC(=O)Oc1c(CC)sc(=Nc2cc(Cl)ccc2Cl)n1C(=O)CC. The second-order valence-corrected chi connectivity index (χ2v) is 6.99. The molecule has 0 aliphatic carbocycles. The summed E-state index contributed by atoms with van der Waals surface area (Å²) in [6.45, 7) is 5.36. The van der Waals surface area contributed by atoms with Crippen LogP contribution in [0.2, 0.25) is 10.0 Å². The van der Waals surface area contributed by atoms with Crippen LogP contribution in [0.4, 0.5) is 5.69 Å². The van der Waals surface area contributed by atoms with Gasteiger partial charge in [0, 0.05) is 17.9 Å². The van der Waals surface area contributed by atoms with Crippen molar-refractivity contribution < 1.29 is 14.3 Å². The van der Waals surface area contributed by atoms with E-state index in [1.165, 1.54) is 15.9 Å². The number of rotatable bonds is 5. The molecule has 0 aliphatic rings. The average Bonchev–Trinajstić information content (AvgIpc) is 2.94. The molecule has 5 nitrogen and oxygen atoms in total. The lowest BCUT2D eigenvalue weighted by Crippen LogP contribution is -2.24. The first kappa shape index (κ1) is 19.7. The molecule has 0 bridgehead atoms. The summed E-state index contributed by atoms with van der Waals surface area (Å²) in [5.41, 5.74) is 0.448. The summed E-state index contributed by atoms with van der Waals surface area (Å²) in [4.78, 5) is 29.9. The lowest BCUT2D eigenvalue weighted by Gasteiger charge is -2.08. The lowest BCUT2D eigenvalue weighted by atomic mass is 10.3. The highest BCUT2D eigenvalue weighted by molar-refractivity contribution is 7.09. The molecule has 0 spiro atoms. The van der Waals surface area contributed by atoms with Crippen LogP contribution in [-0.4, -0.2) is 16.4 Å². The fraction of sp³-hybridized carbons (Fsp3) is 0.353. The number of aromatic nitrogens is 1. The number of benzene rings is 1. The maximum absolute atomic E-state index is 12.5. The van der Waals surface area contributed by atoms with Gasteiger partial charge in [-0.1, -0.05) is 55.3 Å². The van der Waals surface area contributed by atoms with Gasteiger partial charge in [0.05, 0.1) is 15.6 Å². The molecule has 0 N–H and O–H groups in total. The van der Waals surface area contributed by atoms with E-state index in [4.69, 9.17) is 27.9 Å². The van der Waals surface area contributed by atoms with Crippen molar-refractivity contribution in [3.8, 4) is 5.88 Å². The summed E-state index contributed by atoms with van der Waals surface area (Å²) in [5.74, 6) is -0.382. The van der Waals surface area contributed by atoms with Gasteiger partial charge in [0.25, 0.3) is 0 Å². The van der Waals surface area contributed by atoms with Crippen molar-refractivity contribution in [1.82, 2.24) is 4.57 Å². The summed E-state index contributed by atoms with van der Waals surface area (Å²) >= 11 is 13.5. The molecule has 0 saturated carbocycles. The molecule has 1 aromatic heterocycles. The van der Waals surface area contributed by atoms with Gasteiger partial charge in [-0.05, 0) is 24.6 Å². The highest BCUT2D eigenvalue weighted by Gasteiger charge is 2.21. The van der Waals surface area contributed by atoms with E-state index in [9.17, 15) is 9.59 Å². The highest BCUT2D eigenvalue weighted by atomic mass is 35.5. The minimum Gasteiger partial charge on any atom is -0.408 e. The maximum Gasteiger partial charge on any atom is 0.312 e. The Balaban J connectivity index is 2.72. The Kier molecular flexibility index (Phi) is 6.81. The molecule has 2 rings (SSSR count). The van der Waals surface area contributed by atoms with E-state index in [2.05, 4.69) is 4.99 Å². The fourth-order valence-electron chi connectivity index (χ4n) is 2.04. The van der Waals surface area contributed by atoms with Gasteiger partial charge >= 0.3 is 5.97 Å². The number of nitrogens with zero attached hydrogens (tertiary/aromatic N) is 2. The fourth-order valence-corrected chi connectivity index (χ4v) is 3.37. The molecule has 0 radical (unpaired) electrons. The molecule has 0 unspecified atom stereocenters. The Morgan fingerprint density at radius 2 is 1.92 bits per heavy atom. The number of hydrogen-bond acceptors (Lipinski definition) is 5. The molecule has 25 heavy (non-hydrogen) atoms. The third-order valence-corrected chi connectivity index (χ3v) is 5.06. The predicted octanol–water partition coefficient (Wildman–Crippen LogP) is 5.02. The molecular weight excluding hydrogens is 383 g/mol. The van der Waals surface area contributed by atoms with Gasteiger partial charge in [0.1, 0.15) is 0 Å². The molecule has 0 aliphatic heterocycles. The van der Waals surface area contributed by atoms with E-state index in [-0.39, 0.29) is 24.6 Å². The number of aryl methyl sites for hydroxylation is 1. The van der Waals surface area contributed by atoms with Crippen molar-refractivity contribution in [2.75, 3.05) is 0 Å². The maximum atomic E-state index is 12.5. The Bertz CT molecular complexity index is 871. The van der Waals surface area contributed by atoms with Gasteiger partial charge in [0.15, 0.2) is 4.80 Å². The minimum atomic E-state index is -0.405. The molecule has 0 atom stereocenters. The summed E-state index contributed by atoms with van der Waals surface area (Å²) < 4.78 is 6.75. The molecular formula is C17H18Cl2N2O3S. The van der Waals surface area contributed by atoms with Crippen molar-refractivity contribution >= 4 is 52.1 Å². The van der Waals surface area contributed by atoms with Crippen molar-refractivity contribution in [3.63, 3.8) is 0 Å².